The number of aliphatic hydroxyl groups excluding tert-OH is 1. The van der Waals surface area contributed by atoms with Crippen LogP contribution >= 0.6 is 0 Å². The number of amides is 4. The van der Waals surface area contributed by atoms with Gasteiger partial charge in [-0.15, -0.1) is 0 Å². The Morgan fingerprint density at radius 1 is 1.08 bits per heavy atom. The maximum Gasteiger partial charge on any atom is 0.326 e. The average Bonchev–Trinajstić information content (AvgIpc) is 2.53. The van der Waals surface area contributed by atoms with Crippen LogP contribution in [0.2, 0.25) is 0 Å². The summed E-state index contributed by atoms with van der Waals surface area (Å²) in [6.45, 7) is 2.93. The number of urea groups is 1. The van der Waals surface area contributed by atoms with Gasteiger partial charge in [-0.3, -0.25) is 9.59 Å². The number of carbonyl (C=O) groups excluding carboxylic acids is 3. The molecule has 0 bridgehead atoms. The van der Waals surface area contributed by atoms with E-state index in [0.29, 0.717) is 0 Å². The summed E-state index contributed by atoms with van der Waals surface area (Å²) in [4.78, 5) is 45.9. The summed E-state index contributed by atoms with van der Waals surface area (Å²) in [6, 6.07) is -4.09. The molecule has 25 heavy (non-hydrogen) atoms. The molecule has 0 aliphatic carbocycles. The number of primary amides is 1. The Bertz CT molecular complexity index is 484. The monoisotopic (exact) mass is 361 g/mol. The van der Waals surface area contributed by atoms with Gasteiger partial charge in [0.25, 0.3) is 0 Å². The first kappa shape index (κ1) is 22.6. The fourth-order valence-corrected chi connectivity index (χ4v) is 1.91. The second-order valence-corrected chi connectivity index (χ2v) is 5.85. The van der Waals surface area contributed by atoms with Crippen molar-refractivity contribution in [3.05, 3.63) is 0 Å². The van der Waals surface area contributed by atoms with Gasteiger partial charge in [0.1, 0.15) is 18.1 Å². The highest BCUT2D eigenvalue weighted by atomic mass is 16.4. The first-order valence-electron chi connectivity index (χ1n) is 7.83. The first-order chi connectivity index (χ1) is 11.6. The molecule has 0 saturated heterocycles. The van der Waals surface area contributed by atoms with E-state index in [2.05, 4.69) is 16.0 Å². The van der Waals surface area contributed by atoms with E-state index < -0.39 is 48.5 Å². The molecule has 0 aromatic heterocycles. The van der Waals surface area contributed by atoms with Crippen molar-refractivity contribution in [2.75, 3.05) is 13.2 Å². The number of nitrogens with two attached hydrogens (primary N) is 2. The highest BCUT2D eigenvalue weighted by Crippen LogP contribution is 2.05. The zero-order valence-corrected chi connectivity index (χ0v) is 14.3. The Morgan fingerprint density at radius 3 is 2.12 bits per heavy atom. The summed E-state index contributed by atoms with van der Waals surface area (Å²) < 4.78 is 0. The van der Waals surface area contributed by atoms with Gasteiger partial charge in [0.05, 0.1) is 6.61 Å². The van der Waals surface area contributed by atoms with Gasteiger partial charge in [-0.05, 0) is 18.8 Å². The molecule has 3 atom stereocenters. The van der Waals surface area contributed by atoms with Gasteiger partial charge in [0, 0.05) is 6.54 Å². The lowest BCUT2D eigenvalue weighted by Crippen LogP contribution is -2.56. The molecular formula is C14H27N5O6. The van der Waals surface area contributed by atoms with E-state index in [-0.39, 0.29) is 25.3 Å². The number of aliphatic carboxylic acids is 1. The third-order valence-electron chi connectivity index (χ3n) is 3.36. The van der Waals surface area contributed by atoms with Crippen LogP contribution in [-0.2, 0) is 14.4 Å². The van der Waals surface area contributed by atoms with Crippen LogP contribution in [-0.4, -0.2) is 65.3 Å². The Hall–Kier alpha value is -2.40. The van der Waals surface area contributed by atoms with Crippen LogP contribution in [0, 0.1) is 5.92 Å². The van der Waals surface area contributed by atoms with Gasteiger partial charge < -0.3 is 37.6 Å². The Kier molecular flexibility index (Phi) is 10.1. The highest BCUT2D eigenvalue weighted by molar-refractivity contribution is 5.91. The van der Waals surface area contributed by atoms with E-state index in [1.165, 1.54) is 0 Å². The van der Waals surface area contributed by atoms with Crippen LogP contribution in [0.1, 0.15) is 26.7 Å². The number of rotatable bonds is 11. The molecule has 0 aromatic rings. The van der Waals surface area contributed by atoms with Crippen LogP contribution in [0.25, 0.3) is 0 Å². The minimum Gasteiger partial charge on any atom is -0.480 e. The molecule has 0 radical (unpaired) electrons. The topological polar surface area (TPSA) is 197 Å². The molecule has 0 aromatic carbocycles. The summed E-state index contributed by atoms with van der Waals surface area (Å²) >= 11 is 0. The third-order valence-corrected chi connectivity index (χ3v) is 3.36. The van der Waals surface area contributed by atoms with Crippen molar-refractivity contribution < 1.29 is 29.4 Å². The zero-order valence-electron chi connectivity index (χ0n) is 14.3. The number of hydrogen-bond donors (Lipinski definition) is 7. The van der Waals surface area contributed by atoms with Crippen molar-refractivity contribution in [1.29, 1.82) is 0 Å². The summed E-state index contributed by atoms with van der Waals surface area (Å²) in [6.07, 6.45) is 0.352. The number of carbonyl (C=O) groups is 4. The fraction of sp³-hybridized carbons (Fsp3) is 0.714. The Labute approximate surface area is 145 Å². The lowest BCUT2D eigenvalue weighted by atomic mass is 10.0. The summed E-state index contributed by atoms with van der Waals surface area (Å²) in [5, 5.41) is 25.1. The number of carboxylic acid groups (broad SMARTS) is 1. The van der Waals surface area contributed by atoms with E-state index in [0.717, 1.165) is 0 Å². The third kappa shape index (κ3) is 8.86. The lowest BCUT2D eigenvalue weighted by Gasteiger charge is -2.25. The van der Waals surface area contributed by atoms with Crippen molar-refractivity contribution >= 4 is 23.8 Å². The van der Waals surface area contributed by atoms with Crippen molar-refractivity contribution in [1.82, 2.24) is 16.0 Å². The van der Waals surface area contributed by atoms with Crippen LogP contribution in [0.4, 0.5) is 4.79 Å². The van der Waals surface area contributed by atoms with Crippen molar-refractivity contribution in [2.45, 2.75) is 44.8 Å². The maximum absolute atomic E-state index is 12.3. The van der Waals surface area contributed by atoms with Crippen LogP contribution in [0.15, 0.2) is 0 Å². The standard InChI is InChI=1S/C14H27N5O6/c1-7(2)10(19-11(21)8(15)6-20)12(22)18-9(13(23)24)4-3-5-17-14(16)25/h7-10,20H,3-6,15H2,1-2H3,(H,18,22)(H,19,21)(H,23,24)(H3,16,17,25)/t8-,9-,10-/m0/s1. The molecule has 0 spiro atoms. The SMILES string of the molecule is CC(C)[C@H](NC(=O)[C@@H](N)CO)C(=O)N[C@@H](CCCNC(N)=O)C(=O)O. The summed E-state index contributed by atoms with van der Waals surface area (Å²) in [7, 11) is 0. The molecule has 0 aliphatic heterocycles. The number of hydrogen-bond acceptors (Lipinski definition) is 6. The number of carboxylic acids is 1. The summed E-state index contributed by atoms with van der Waals surface area (Å²) in [5.41, 5.74) is 10.3. The largest absolute Gasteiger partial charge is 0.480 e. The van der Waals surface area contributed by atoms with Crippen molar-refractivity contribution in [3.8, 4) is 0 Å². The van der Waals surface area contributed by atoms with E-state index >= 15 is 0 Å². The molecular weight excluding hydrogens is 334 g/mol. The normalized spacial score (nSPS) is 14.3. The molecule has 9 N–H and O–H groups in total. The first-order valence-corrected chi connectivity index (χ1v) is 7.83. The predicted molar refractivity (Wildman–Crippen MR) is 88.2 cm³/mol. The number of nitrogens with one attached hydrogen (secondary N) is 3. The van der Waals surface area contributed by atoms with E-state index in [4.69, 9.17) is 16.6 Å². The van der Waals surface area contributed by atoms with Gasteiger partial charge in [-0.25, -0.2) is 9.59 Å². The van der Waals surface area contributed by atoms with Gasteiger partial charge >= 0.3 is 12.0 Å². The molecule has 0 heterocycles. The second kappa shape index (κ2) is 11.2. The molecule has 0 unspecified atom stereocenters. The molecule has 0 fully saturated rings. The quantitative estimate of drug-likeness (QED) is 0.197. The minimum atomic E-state index is -1.24. The average molecular weight is 361 g/mol. The fourth-order valence-electron chi connectivity index (χ4n) is 1.91. The maximum atomic E-state index is 12.3. The highest BCUT2D eigenvalue weighted by Gasteiger charge is 2.29. The molecule has 144 valence electrons. The van der Waals surface area contributed by atoms with Gasteiger partial charge in [0.2, 0.25) is 11.8 Å². The van der Waals surface area contributed by atoms with Crippen LogP contribution < -0.4 is 27.4 Å². The smallest absolute Gasteiger partial charge is 0.326 e. The predicted octanol–water partition coefficient (Wildman–Crippen LogP) is -2.54. The summed E-state index contributed by atoms with van der Waals surface area (Å²) in [5.74, 6) is -2.97. The Balaban J connectivity index is 4.77. The Morgan fingerprint density at radius 2 is 1.68 bits per heavy atom. The number of aliphatic hydroxyl groups is 1. The molecule has 0 aliphatic rings. The second-order valence-electron chi connectivity index (χ2n) is 5.85. The molecule has 11 heteroatoms. The van der Waals surface area contributed by atoms with E-state index in [9.17, 15) is 24.3 Å². The van der Waals surface area contributed by atoms with E-state index in [1.54, 1.807) is 13.8 Å². The van der Waals surface area contributed by atoms with Crippen LogP contribution in [0.3, 0.4) is 0 Å². The molecule has 11 nitrogen and oxygen atoms in total. The van der Waals surface area contributed by atoms with Gasteiger partial charge in [-0.1, -0.05) is 13.8 Å². The van der Waals surface area contributed by atoms with Crippen molar-refractivity contribution in [2.24, 2.45) is 17.4 Å². The van der Waals surface area contributed by atoms with Gasteiger partial charge in [-0.2, -0.15) is 0 Å². The van der Waals surface area contributed by atoms with Crippen LogP contribution in [0.5, 0.6) is 0 Å². The molecule has 4 amide bonds. The lowest BCUT2D eigenvalue weighted by molar-refractivity contribution is -0.142. The zero-order chi connectivity index (χ0) is 19.6. The minimum absolute atomic E-state index is 0.0657. The van der Waals surface area contributed by atoms with Crippen molar-refractivity contribution in [3.63, 3.8) is 0 Å². The molecule has 0 saturated carbocycles. The van der Waals surface area contributed by atoms with Gasteiger partial charge in [0.15, 0.2) is 0 Å². The van der Waals surface area contributed by atoms with E-state index in [1.807, 2.05) is 0 Å². The molecule has 0 rings (SSSR count).